The van der Waals surface area contributed by atoms with Gasteiger partial charge in [0.1, 0.15) is 11.8 Å². The van der Waals surface area contributed by atoms with Crippen molar-refractivity contribution >= 4 is 23.7 Å². The minimum absolute atomic E-state index is 0.261. The number of likely N-dealkylation sites (tertiary alicyclic amines) is 1. The number of anilines is 1. The predicted octanol–water partition coefficient (Wildman–Crippen LogP) is 2.49. The van der Waals surface area contributed by atoms with E-state index in [1.807, 2.05) is 25.1 Å². The van der Waals surface area contributed by atoms with Gasteiger partial charge in [-0.15, -0.1) is 0 Å². The number of nitrogens with zero attached hydrogens (tertiary/aromatic N) is 2. The molecule has 2 aliphatic rings. The highest BCUT2D eigenvalue weighted by Gasteiger charge is 2.39. The summed E-state index contributed by atoms with van der Waals surface area (Å²) in [4.78, 5) is 34.2. The SMILES string of the molecule is CCOc1ccc(N2C(=O)c3ccccc3C(C=NC[C@H]3CCC[NH+]3CC)C2=O)cc1. The smallest absolute Gasteiger partial charge is 0.265 e. The van der Waals surface area contributed by atoms with Gasteiger partial charge < -0.3 is 9.64 Å². The molecule has 31 heavy (non-hydrogen) atoms. The highest BCUT2D eigenvalue weighted by molar-refractivity contribution is 6.29. The van der Waals surface area contributed by atoms with E-state index >= 15 is 0 Å². The molecule has 6 heteroatoms. The standard InChI is InChI=1S/C25H29N3O3/c1-3-27-15-7-8-19(27)16-26-17-23-21-9-5-6-10-22(21)24(29)28(25(23)30)18-11-13-20(14-12-18)31-4-2/h5-6,9-14,17,19,23H,3-4,7-8,15-16H2,1-2H3/p+1/t19-,23?/m1/s1. The summed E-state index contributed by atoms with van der Waals surface area (Å²) in [6.07, 6.45) is 4.15. The zero-order valence-electron chi connectivity index (χ0n) is 18.2. The van der Waals surface area contributed by atoms with Crippen LogP contribution in [0.1, 0.15) is 48.5 Å². The van der Waals surface area contributed by atoms with E-state index in [9.17, 15) is 9.59 Å². The number of carbonyl (C=O) groups excluding carboxylic acids is 2. The van der Waals surface area contributed by atoms with E-state index in [2.05, 4.69) is 6.92 Å². The van der Waals surface area contributed by atoms with Gasteiger partial charge in [0, 0.05) is 24.6 Å². The Kier molecular flexibility index (Phi) is 6.47. The van der Waals surface area contributed by atoms with Gasteiger partial charge >= 0.3 is 0 Å². The summed E-state index contributed by atoms with van der Waals surface area (Å²) in [5.74, 6) is -0.414. The Labute approximate surface area is 183 Å². The van der Waals surface area contributed by atoms with Crippen molar-refractivity contribution in [1.82, 2.24) is 0 Å². The molecule has 0 aliphatic carbocycles. The van der Waals surface area contributed by atoms with Crippen LogP contribution < -0.4 is 14.5 Å². The Balaban J connectivity index is 1.61. The Hall–Kier alpha value is -2.99. The molecule has 2 aliphatic heterocycles. The fraction of sp³-hybridized carbons (Fsp3) is 0.400. The second kappa shape index (κ2) is 9.43. The van der Waals surface area contributed by atoms with Gasteiger partial charge in [-0.25, -0.2) is 4.90 Å². The molecule has 1 N–H and O–H groups in total. The average molecular weight is 421 g/mol. The summed E-state index contributed by atoms with van der Waals surface area (Å²) in [6, 6.07) is 14.9. The summed E-state index contributed by atoms with van der Waals surface area (Å²) in [6.45, 7) is 7.70. The van der Waals surface area contributed by atoms with Crippen LogP contribution in [-0.2, 0) is 4.79 Å². The van der Waals surface area contributed by atoms with Crippen LogP contribution in [0.5, 0.6) is 5.75 Å². The van der Waals surface area contributed by atoms with Crippen LogP contribution >= 0.6 is 0 Å². The van der Waals surface area contributed by atoms with Crippen molar-refractivity contribution in [1.29, 1.82) is 0 Å². The molecule has 162 valence electrons. The van der Waals surface area contributed by atoms with Gasteiger partial charge in [0.25, 0.3) is 5.91 Å². The molecule has 0 spiro atoms. The zero-order chi connectivity index (χ0) is 21.8. The third kappa shape index (κ3) is 4.26. The molecule has 0 bridgehead atoms. The third-order valence-electron chi connectivity index (χ3n) is 6.28. The van der Waals surface area contributed by atoms with Gasteiger partial charge in [0.2, 0.25) is 5.91 Å². The minimum atomic E-state index is -0.563. The summed E-state index contributed by atoms with van der Waals surface area (Å²) in [7, 11) is 0. The van der Waals surface area contributed by atoms with Gasteiger partial charge in [0.05, 0.1) is 37.8 Å². The molecule has 2 aromatic carbocycles. The van der Waals surface area contributed by atoms with Crippen LogP contribution in [0.2, 0.25) is 0 Å². The first-order chi connectivity index (χ1) is 15.1. The Morgan fingerprint density at radius 2 is 1.90 bits per heavy atom. The predicted molar refractivity (Wildman–Crippen MR) is 121 cm³/mol. The van der Waals surface area contributed by atoms with Crippen LogP contribution in [0.15, 0.2) is 53.5 Å². The fourth-order valence-corrected chi connectivity index (χ4v) is 4.67. The van der Waals surface area contributed by atoms with E-state index in [0.29, 0.717) is 36.2 Å². The molecular weight excluding hydrogens is 390 g/mol. The van der Waals surface area contributed by atoms with E-state index in [1.54, 1.807) is 41.4 Å². The summed E-state index contributed by atoms with van der Waals surface area (Å²) in [5, 5.41) is 0. The van der Waals surface area contributed by atoms with Crippen LogP contribution in [0.3, 0.4) is 0 Å². The number of rotatable bonds is 7. The number of hydrogen-bond donors (Lipinski definition) is 1. The number of carbonyl (C=O) groups is 2. The lowest BCUT2D eigenvalue weighted by molar-refractivity contribution is -0.908. The van der Waals surface area contributed by atoms with Crippen molar-refractivity contribution in [2.24, 2.45) is 4.99 Å². The largest absolute Gasteiger partial charge is 0.494 e. The quantitative estimate of drug-likeness (QED) is 0.553. The highest BCUT2D eigenvalue weighted by Crippen LogP contribution is 2.32. The Bertz CT molecular complexity index is 970. The second-order valence-corrected chi connectivity index (χ2v) is 8.09. The number of ether oxygens (including phenoxy) is 1. The van der Waals surface area contributed by atoms with E-state index in [-0.39, 0.29) is 11.8 Å². The Morgan fingerprint density at radius 3 is 2.65 bits per heavy atom. The normalized spacial score (nSPS) is 23.4. The molecule has 0 radical (unpaired) electrons. The van der Waals surface area contributed by atoms with Crippen molar-refractivity contribution in [2.75, 3.05) is 31.1 Å². The molecule has 3 atom stereocenters. The van der Waals surface area contributed by atoms with Crippen LogP contribution in [0.25, 0.3) is 0 Å². The van der Waals surface area contributed by atoms with Crippen LogP contribution in [-0.4, -0.2) is 50.3 Å². The van der Waals surface area contributed by atoms with E-state index in [1.165, 1.54) is 24.3 Å². The number of fused-ring (bicyclic) bond motifs is 1. The van der Waals surface area contributed by atoms with E-state index in [4.69, 9.17) is 9.73 Å². The van der Waals surface area contributed by atoms with Crippen molar-refractivity contribution in [3.05, 3.63) is 59.7 Å². The van der Waals surface area contributed by atoms with Gasteiger partial charge in [0.15, 0.2) is 0 Å². The van der Waals surface area contributed by atoms with Crippen molar-refractivity contribution in [2.45, 2.75) is 38.6 Å². The van der Waals surface area contributed by atoms with Crippen molar-refractivity contribution in [3.63, 3.8) is 0 Å². The minimum Gasteiger partial charge on any atom is -0.494 e. The van der Waals surface area contributed by atoms with Gasteiger partial charge in [-0.3, -0.25) is 14.6 Å². The van der Waals surface area contributed by atoms with Crippen LogP contribution in [0.4, 0.5) is 5.69 Å². The molecule has 2 unspecified atom stereocenters. The summed E-state index contributed by atoms with van der Waals surface area (Å²) in [5.41, 5.74) is 1.83. The average Bonchev–Trinajstić information content (AvgIpc) is 3.25. The first-order valence-corrected chi connectivity index (χ1v) is 11.2. The van der Waals surface area contributed by atoms with Gasteiger partial charge in [-0.05, 0) is 49.7 Å². The van der Waals surface area contributed by atoms with Crippen molar-refractivity contribution < 1.29 is 19.2 Å². The number of aliphatic imine (C=N–C) groups is 1. The van der Waals surface area contributed by atoms with E-state index in [0.717, 1.165) is 12.1 Å². The topological polar surface area (TPSA) is 63.4 Å². The lowest BCUT2D eigenvalue weighted by Crippen LogP contribution is -3.13. The molecule has 2 aromatic rings. The van der Waals surface area contributed by atoms with E-state index < -0.39 is 5.92 Å². The molecule has 6 nitrogen and oxygen atoms in total. The van der Waals surface area contributed by atoms with Gasteiger partial charge in [-0.2, -0.15) is 0 Å². The molecule has 2 amide bonds. The lowest BCUT2D eigenvalue weighted by Gasteiger charge is -2.31. The second-order valence-electron chi connectivity index (χ2n) is 8.09. The number of benzene rings is 2. The molecular formula is C25H30N3O3+. The molecule has 1 saturated heterocycles. The number of quaternary nitrogens is 1. The first-order valence-electron chi connectivity index (χ1n) is 11.2. The Morgan fingerprint density at radius 1 is 1.13 bits per heavy atom. The number of imide groups is 1. The maximum absolute atomic E-state index is 13.4. The molecule has 1 fully saturated rings. The molecule has 2 heterocycles. The number of likely N-dealkylation sites (N-methyl/N-ethyl adjacent to an activating group) is 1. The number of nitrogens with one attached hydrogen (secondary N) is 1. The van der Waals surface area contributed by atoms with Gasteiger partial charge in [-0.1, -0.05) is 18.2 Å². The highest BCUT2D eigenvalue weighted by atomic mass is 16.5. The molecule has 0 aromatic heterocycles. The monoisotopic (exact) mass is 420 g/mol. The summed E-state index contributed by atoms with van der Waals surface area (Å²) < 4.78 is 5.49. The molecule has 0 saturated carbocycles. The maximum atomic E-state index is 13.4. The lowest BCUT2D eigenvalue weighted by atomic mass is 9.89. The summed E-state index contributed by atoms with van der Waals surface area (Å²) >= 11 is 0. The number of amides is 2. The third-order valence-corrected chi connectivity index (χ3v) is 6.28. The van der Waals surface area contributed by atoms with Crippen molar-refractivity contribution in [3.8, 4) is 5.75 Å². The van der Waals surface area contributed by atoms with Crippen LogP contribution in [0, 0.1) is 0 Å². The first kappa shape index (κ1) is 21.2. The fourth-order valence-electron chi connectivity index (χ4n) is 4.67. The maximum Gasteiger partial charge on any atom is 0.265 e. The molecule has 4 rings (SSSR count). The number of hydrogen-bond acceptors (Lipinski definition) is 4. The zero-order valence-corrected chi connectivity index (χ0v) is 18.2.